The van der Waals surface area contributed by atoms with Crippen LogP contribution in [0.15, 0.2) is 41.3 Å². The fourth-order valence-electron chi connectivity index (χ4n) is 2.62. The van der Waals surface area contributed by atoms with Gasteiger partial charge in [-0.2, -0.15) is 0 Å². The number of hydrogen-bond acceptors (Lipinski definition) is 5. The number of ether oxygens (including phenoxy) is 3. The zero-order valence-corrected chi connectivity index (χ0v) is 14.4. The second-order valence-electron chi connectivity index (χ2n) is 5.40. The van der Waals surface area contributed by atoms with Crippen molar-refractivity contribution >= 4 is 15.7 Å². The predicted octanol–water partition coefficient (Wildman–Crippen LogP) is 2.83. The molecule has 3 rings (SSSR count). The fourth-order valence-corrected chi connectivity index (χ4v) is 3.69. The van der Waals surface area contributed by atoms with E-state index in [0.717, 1.165) is 24.2 Å². The van der Waals surface area contributed by atoms with E-state index in [1.807, 2.05) is 6.07 Å². The van der Waals surface area contributed by atoms with Crippen molar-refractivity contribution in [2.45, 2.75) is 17.7 Å². The molecule has 24 heavy (non-hydrogen) atoms. The highest BCUT2D eigenvalue weighted by molar-refractivity contribution is 7.92. The van der Waals surface area contributed by atoms with Crippen LogP contribution < -0.4 is 18.9 Å². The number of benzene rings is 2. The lowest BCUT2D eigenvalue weighted by Crippen LogP contribution is -2.14. The number of methoxy groups -OCH3 is 2. The number of sulfonamides is 1. The first-order valence-electron chi connectivity index (χ1n) is 7.54. The Morgan fingerprint density at radius 1 is 1.04 bits per heavy atom. The summed E-state index contributed by atoms with van der Waals surface area (Å²) in [7, 11) is -0.761. The Bertz CT molecular complexity index is 848. The number of aryl methyl sites for hydroxylation is 1. The molecule has 0 spiro atoms. The second kappa shape index (κ2) is 6.60. The summed E-state index contributed by atoms with van der Waals surface area (Å²) in [5.74, 6) is 1.65. The molecule has 0 saturated carbocycles. The molecule has 0 unspecified atom stereocenters. The lowest BCUT2D eigenvalue weighted by molar-refractivity contribution is 0.288. The lowest BCUT2D eigenvalue weighted by atomic mass is 10.1. The van der Waals surface area contributed by atoms with Gasteiger partial charge in [0.05, 0.1) is 25.7 Å². The summed E-state index contributed by atoms with van der Waals surface area (Å²) in [6.45, 7) is 0.698. The summed E-state index contributed by atoms with van der Waals surface area (Å²) >= 11 is 0. The van der Waals surface area contributed by atoms with Gasteiger partial charge >= 0.3 is 0 Å². The quantitative estimate of drug-likeness (QED) is 0.898. The molecule has 0 bridgehead atoms. The topological polar surface area (TPSA) is 73.9 Å². The standard InChI is InChI=1S/C17H19NO5S/c1-21-16-8-6-14(11-17(16)22-2)24(19,20)18-13-5-7-15-12(10-13)4-3-9-23-15/h5-8,10-11,18H,3-4,9H2,1-2H3. The molecule has 7 heteroatoms. The molecule has 1 aliphatic rings. The van der Waals surface area contributed by atoms with Crippen LogP contribution in [0.25, 0.3) is 0 Å². The van der Waals surface area contributed by atoms with Crippen molar-refractivity contribution in [2.75, 3.05) is 25.5 Å². The van der Waals surface area contributed by atoms with Crippen molar-refractivity contribution in [1.29, 1.82) is 0 Å². The summed E-state index contributed by atoms with van der Waals surface area (Å²) in [5.41, 5.74) is 1.52. The minimum absolute atomic E-state index is 0.106. The van der Waals surface area contributed by atoms with Crippen molar-refractivity contribution in [3.8, 4) is 17.2 Å². The van der Waals surface area contributed by atoms with Gasteiger partial charge < -0.3 is 14.2 Å². The Hall–Kier alpha value is -2.41. The highest BCUT2D eigenvalue weighted by Gasteiger charge is 2.18. The van der Waals surface area contributed by atoms with Gasteiger partial charge in [-0.3, -0.25) is 4.72 Å². The second-order valence-corrected chi connectivity index (χ2v) is 7.08. The molecule has 0 atom stereocenters. The predicted molar refractivity (Wildman–Crippen MR) is 90.6 cm³/mol. The average Bonchev–Trinajstić information content (AvgIpc) is 2.60. The Morgan fingerprint density at radius 2 is 1.83 bits per heavy atom. The molecule has 0 aromatic heterocycles. The highest BCUT2D eigenvalue weighted by atomic mass is 32.2. The third kappa shape index (κ3) is 3.26. The molecule has 0 saturated heterocycles. The molecule has 0 amide bonds. The molecule has 0 radical (unpaired) electrons. The highest BCUT2D eigenvalue weighted by Crippen LogP contribution is 2.31. The van der Waals surface area contributed by atoms with Crippen molar-refractivity contribution in [3.05, 3.63) is 42.0 Å². The van der Waals surface area contributed by atoms with Gasteiger partial charge in [-0.15, -0.1) is 0 Å². The van der Waals surface area contributed by atoms with Gasteiger partial charge in [-0.25, -0.2) is 8.42 Å². The summed E-state index contributed by atoms with van der Waals surface area (Å²) in [6, 6.07) is 9.78. The summed E-state index contributed by atoms with van der Waals surface area (Å²) in [6.07, 6.45) is 1.81. The van der Waals surface area contributed by atoms with Crippen molar-refractivity contribution < 1.29 is 22.6 Å². The van der Waals surface area contributed by atoms with Gasteiger partial charge in [0.15, 0.2) is 11.5 Å². The molecule has 0 fully saturated rings. The van der Waals surface area contributed by atoms with Crippen molar-refractivity contribution in [3.63, 3.8) is 0 Å². The van der Waals surface area contributed by atoms with E-state index in [-0.39, 0.29) is 4.90 Å². The van der Waals surface area contributed by atoms with E-state index >= 15 is 0 Å². The van der Waals surface area contributed by atoms with E-state index in [2.05, 4.69) is 4.72 Å². The van der Waals surface area contributed by atoms with Gasteiger partial charge in [0, 0.05) is 11.8 Å². The van der Waals surface area contributed by atoms with Crippen LogP contribution in [0.5, 0.6) is 17.2 Å². The molecule has 1 heterocycles. The van der Waals surface area contributed by atoms with Crippen molar-refractivity contribution in [2.24, 2.45) is 0 Å². The van der Waals surface area contributed by atoms with Gasteiger partial charge in [0.25, 0.3) is 10.0 Å². The molecule has 2 aromatic carbocycles. The Kier molecular flexibility index (Phi) is 4.53. The zero-order chi connectivity index (χ0) is 17.2. The number of rotatable bonds is 5. The maximum absolute atomic E-state index is 12.6. The van der Waals surface area contributed by atoms with Crippen LogP contribution in [0.1, 0.15) is 12.0 Å². The number of anilines is 1. The first-order chi connectivity index (χ1) is 11.5. The lowest BCUT2D eigenvalue weighted by Gasteiger charge is -2.18. The Balaban J connectivity index is 1.88. The molecule has 1 N–H and O–H groups in total. The first-order valence-corrected chi connectivity index (χ1v) is 9.02. The SMILES string of the molecule is COc1ccc(S(=O)(=O)Nc2ccc3c(c2)CCCO3)cc1OC. The van der Waals surface area contributed by atoms with Gasteiger partial charge in [-0.1, -0.05) is 0 Å². The third-order valence-corrected chi connectivity index (χ3v) is 5.20. The first kappa shape index (κ1) is 16.4. The van der Waals surface area contributed by atoms with Gasteiger partial charge in [0.1, 0.15) is 5.75 Å². The minimum atomic E-state index is -3.72. The van der Waals surface area contributed by atoms with Crippen LogP contribution in [0.2, 0.25) is 0 Å². The van der Waals surface area contributed by atoms with E-state index in [4.69, 9.17) is 14.2 Å². The van der Waals surface area contributed by atoms with E-state index in [1.54, 1.807) is 18.2 Å². The molecular formula is C17H19NO5S. The monoisotopic (exact) mass is 349 g/mol. The maximum Gasteiger partial charge on any atom is 0.262 e. The van der Waals surface area contributed by atoms with Crippen LogP contribution in [-0.4, -0.2) is 29.2 Å². The van der Waals surface area contributed by atoms with Crippen LogP contribution in [0.3, 0.4) is 0 Å². The average molecular weight is 349 g/mol. The smallest absolute Gasteiger partial charge is 0.262 e. The molecular weight excluding hydrogens is 330 g/mol. The van der Waals surface area contributed by atoms with E-state index in [1.165, 1.54) is 26.4 Å². The molecule has 2 aromatic rings. The molecule has 6 nitrogen and oxygen atoms in total. The van der Waals surface area contributed by atoms with Gasteiger partial charge in [0.2, 0.25) is 0 Å². The van der Waals surface area contributed by atoms with E-state index in [0.29, 0.717) is 23.8 Å². The maximum atomic E-state index is 12.6. The number of fused-ring (bicyclic) bond motifs is 1. The van der Waals surface area contributed by atoms with Gasteiger partial charge in [-0.05, 0) is 48.7 Å². The summed E-state index contributed by atoms with van der Waals surface area (Å²) in [4.78, 5) is 0.106. The zero-order valence-electron chi connectivity index (χ0n) is 13.5. The van der Waals surface area contributed by atoms with Crippen molar-refractivity contribution in [1.82, 2.24) is 0 Å². The van der Waals surface area contributed by atoms with E-state index < -0.39 is 10.0 Å². The third-order valence-electron chi connectivity index (χ3n) is 3.83. The summed E-state index contributed by atoms with van der Waals surface area (Å²) < 4.78 is 43.6. The van der Waals surface area contributed by atoms with Crippen LogP contribution in [0, 0.1) is 0 Å². The minimum Gasteiger partial charge on any atom is -0.493 e. The number of hydrogen-bond donors (Lipinski definition) is 1. The van der Waals surface area contributed by atoms with Crippen LogP contribution >= 0.6 is 0 Å². The Morgan fingerprint density at radius 3 is 2.58 bits per heavy atom. The number of nitrogens with one attached hydrogen (secondary N) is 1. The molecule has 1 aliphatic heterocycles. The van der Waals surface area contributed by atoms with E-state index in [9.17, 15) is 8.42 Å². The largest absolute Gasteiger partial charge is 0.493 e. The van der Waals surface area contributed by atoms with Crippen LogP contribution in [-0.2, 0) is 16.4 Å². The Labute approximate surface area is 141 Å². The fraction of sp³-hybridized carbons (Fsp3) is 0.294. The molecule has 128 valence electrons. The summed E-state index contributed by atoms with van der Waals surface area (Å²) in [5, 5.41) is 0. The molecule has 0 aliphatic carbocycles. The normalized spacial score (nSPS) is 13.6. The van der Waals surface area contributed by atoms with Crippen LogP contribution in [0.4, 0.5) is 5.69 Å².